The van der Waals surface area contributed by atoms with E-state index < -0.39 is 0 Å². The summed E-state index contributed by atoms with van der Waals surface area (Å²) in [5.41, 5.74) is 1.89. The molecule has 0 aliphatic rings. The van der Waals surface area contributed by atoms with Gasteiger partial charge >= 0.3 is 0 Å². The van der Waals surface area contributed by atoms with E-state index in [-0.39, 0.29) is 5.91 Å². The molecule has 0 radical (unpaired) electrons. The number of hydrogen-bond acceptors (Lipinski definition) is 4. The molecule has 0 N–H and O–H groups in total. The van der Waals surface area contributed by atoms with Gasteiger partial charge in [0.25, 0.3) is 5.91 Å². The SMILES string of the molecule is Cc1nc(C)c(C(=O)N(Cc2sccc2C)CC(C)C)o1. The number of aryl methyl sites for hydroxylation is 3. The Labute approximate surface area is 129 Å². The molecular formula is C16H22N2O2S. The number of thiophene rings is 1. The Balaban J connectivity index is 2.25. The van der Waals surface area contributed by atoms with E-state index in [0.29, 0.717) is 36.4 Å². The minimum absolute atomic E-state index is 0.0744. The predicted molar refractivity (Wildman–Crippen MR) is 84.6 cm³/mol. The first kappa shape index (κ1) is 15.8. The number of carbonyl (C=O) groups excluding carboxylic acids is 1. The second-order valence-electron chi connectivity index (χ2n) is 5.75. The Morgan fingerprint density at radius 1 is 1.38 bits per heavy atom. The number of carbonyl (C=O) groups is 1. The van der Waals surface area contributed by atoms with Gasteiger partial charge in [-0.3, -0.25) is 4.79 Å². The molecule has 4 nitrogen and oxygen atoms in total. The van der Waals surface area contributed by atoms with E-state index in [1.807, 2.05) is 11.8 Å². The van der Waals surface area contributed by atoms with E-state index in [0.717, 1.165) is 0 Å². The summed E-state index contributed by atoms with van der Waals surface area (Å²) in [5.74, 6) is 1.23. The van der Waals surface area contributed by atoms with E-state index in [9.17, 15) is 4.79 Å². The van der Waals surface area contributed by atoms with E-state index in [2.05, 4.69) is 37.2 Å². The fourth-order valence-electron chi connectivity index (χ4n) is 2.27. The third-order valence-electron chi connectivity index (χ3n) is 3.27. The smallest absolute Gasteiger partial charge is 0.291 e. The number of hydrogen-bond donors (Lipinski definition) is 0. The van der Waals surface area contributed by atoms with E-state index in [4.69, 9.17) is 4.42 Å². The van der Waals surface area contributed by atoms with Crippen LogP contribution in [0.5, 0.6) is 0 Å². The first-order chi connectivity index (χ1) is 9.88. The van der Waals surface area contributed by atoms with Crippen molar-refractivity contribution in [3.63, 3.8) is 0 Å². The molecular weight excluding hydrogens is 284 g/mol. The monoisotopic (exact) mass is 306 g/mol. The maximum Gasteiger partial charge on any atom is 0.291 e. The van der Waals surface area contributed by atoms with Crippen LogP contribution in [0, 0.1) is 26.7 Å². The number of rotatable bonds is 5. The molecule has 0 saturated heterocycles. The predicted octanol–water partition coefficient (Wildman–Crippen LogP) is 3.96. The van der Waals surface area contributed by atoms with Crippen molar-refractivity contribution >= 4 is 17.2 Å². The van der Waals surface area contributed by atoms with Crippen molar-refractivity contribution in [2.75, 3.05) is 6.54 Å². The average molecular weight is 306 g/mol. The van der Waals surface area contributed by atoms with Crippen LogP contribution < -0.4 is 0 Å². The summed E-state index contributed by atoms with van der Waals surface area (Å²) in [6.07, 6.45) is 0. The molecule has 2 rings (SSSR count). The fraction of sp³-hybridized carbons (Fsp3) is 0.500. The van der Waals surface area contributed by atoms with E-state index in [1.54, 1.807) is 18.3 Å². The highest BCUT2D eigenvalue weighted by Gasteiger charge is 2.24. The van der Waals surface area contributed by atoms with E-state index in [1.165, 1.54) is 10.4 Å². The maximum absolute atomic E-state index is 12.7. The van der Waals surface area contributed by atoms with E-state index >= 15 is 0 Å². The van der Waals surface area contributed by atoms with Crippen molar-refractivity contribution in [3.05, 3.63) is 39.2 Å². The third kappa shape index (κ3) is 3.73. The van der Waals surface area contributed by atoms with Gasteiger partial charge in [0.05, 0.1) is 12.2 Å². The molecule has 2 aromatic heterocycles. The zero-order chi connectivity index (χ0) is 15.6. The lowest BCUT2D eigenvalue weighted by Gasteiger charge is -2.23. The molecule has 2 heterocycles. The largest absolute Gasteiger partial charge is 0.436 e. The average Bonchev–Trinajstić information content (AvgIpc) is 2.93. The molecule has 21 heavy (non-hydrogen) atoms. The van der Waals surface area contributed by atoms with Gasteiger partial charge in [0.1, 0.15) is 0 Å². The summed E-state index contributed by atoms with van der Waals surface area (Å²) < 4.78 is 5.49. The lowest BCUT2D eigenvalue weighted by Crippen LogP contribution is -2.33. The van der Waals surface area contributed by atoms with Gasteiger partial charge in [0, 0.05) is 18.3 Å². The zero-order valence-corrected chi connectivity index (χ0v) is 14.1. The Bertz CT molecular complexity index is 628. The summed E-state index contributed by atoms with van der Waals surface area (Å²) in [6, 6.07) is 2.09. The molecule has 0 aliphatic heterocycles. The van der Waals surface area contributed by atoms with Crippen molar-refractivity contribution in [1.82, 2.24) is 9.88 Å². The van der Waals surface area contributed by atoms with Crippen molar-refractivity contribution in [3.8, 4) is 0 Å². The van der Waals surface area contributed by atoms with Gasteiger partial charge in [-0.1, -0.05) is 13.8 Å². The Hall–Kier alpha value is -1.62. The number of aromatic nitrogens is 1. The van der Waals surface area contributed by atoms with Crippen LogP contribution in [0.15, 0.2) is 15.9 Å². The van der Waals surface area contributed by atoms with Crippen LogP contribution in [0.25, 0.3) is 0 Å². The number of oxazole rings is 1. The standard InChI is InChI=1S/C16H22N2O2S/c1-10(2)8-18(9-14-11(3)6-7-21-14)16(19)15-12(4)17-13(5)20-15/h6-7,10H,8-9H2,1-5H3. The number of nitrogens with zero attached hydrogens (tertiary/aromatic N) is 2. The Kier molecular flexibility index (Phi) is 4.83. The van der Waals surface area contributed by atoms with Gasteiger partial charge in [0.2, 0.25) is 5.76 Å². The van der Waals surface area contributed by atoms with Gasteiger partial charge in [-0.2, -0.15) is 0 Å². The quantitative estimate of drug-likeness (QED) is 0.840. The fourth-order valence-corrected chi connectivity index (χ4v) is 3.19. The molecule has 0 atom stereocenters. The summed E-state index contributed by atoms with van der Waals surface area (Å²) >= 11 is 1.69. The molecule has 1 amide bonds. The van der Waals surface area contributed by atoms with Crippen LogP contribution >= 0.6 is 11.3 Å². The molecule has 0 unspecified atom stereocenters. The molecule has 0 bridgehead atoms. The summed E-state index contributed by atoms with van der Waals surface area (Å²) in [7, 11) is 0. The van der Waals surface area contributed by atoms with Crippen molar-refractivity contribution in [2.45, 2.75) is 41.2 Å². The minimum atomic E-state index is -0.0744. The van der Waals surface area contributed by atoms with Crippen LogP contribution in [0.4, 0.5) is 0 Å². The highest BCUT2D eigenvalue weighted by atomic mass is 32.1. The summed E-state index contributed by atoms with van der Waals surface area (Å²) in [5, 5.41) is 2.06. The number of amides is 1. The summed E-state index contributed by atoms with van der Waals surface area (Å²) in [6.45, 7) is 11.2. The molecule has 5 heteroatoms. The summed E-state index contributed by atoms with van der Waals surface area (Å²) in [4.78, 5) is 20.0. The highest BCUT2D eigenvalue weighted by molar-refractivity contribution is 7.10. The minimum Gasteiger partial charge on any atom is -0.436 e. The van der Waals surface area contributed by atoms with Crippen LogP contribution in [0.3, 0.4) is 0 Å². The van der Waals surface area contributed by atoms with Gasteiger partial charge in [-0.05, 0) is 36.8 Å². The van der Waals surface area contributed by atoms with Crippen LogP contribution in [-0.2, 0) is 6.54 Å². The molecule has 0 spiro atoms. The van der Waals surface area contributed by atoms with Crippen LogP contribution in [0.2, 0.25) is 0 Å². The molecule has 114 valence electrons. The van der Waals surface area contributed by atoms with Gasteiger partial charge in [0.15, 0.2) is 5.89 Å². The van der Waals surface area contributed by atoms with Crippen molar-refractivity contribution in [2.24, 2.45) is 5.92 Å². The third-order valence-corrected chi connectivity index (χ3v) is 4.28. The zero-order valence-electron chi connectivity index (χ0n) is 13.3. The normalized spacial score (nSPS) is 11.1. The lowest BCUT2D eigenvalue weighted by atomic mass is 10.2. The first-order valence-corrected chi connectivity index (χ1v) is 8.02. The van der Waals surface area contributed by atoms with Crippen LogP contribution in [0.1, 0.15) is 46.4 Å². The second kappa shape index (κ2) is 6.43. The molecule has 0 saturated carbocycles. The first-order valence-electron chi connectivity index (χ1n) is 7.14. The van der Waals surface area contributed by atoms with Gasteiger partial charge < -0.3 is 9.32 Å². The van der Waals surface area contributed by atoms with Crippen LogP contribution in [-0.4, -0.2) is 22.3 Å². The van der Waals surface area contributed by atoms with Crippen molar-refractivity contribution in [1.29, 1.82) is 0 Å². The van der Waals surface area contributed by atoms with Gasteiger partial charge in [-0.15, -0.1) is 11.3 Å². The maximum atomic E-state index is 12.7. The van der Waals surface area contributed by atoms with Gasteiger partial charge in [-0.25, -0.2) is 4.98 Å². The molecule has 0 aromatic carbocycles. The molecule has 0 aliphatic carbocycles. The Morgan fingerprint density at radius 2 is 2.10 bits per heavy atom. The topological polar surface area (TPSA) is 46.3 Å². The Morgan fingerprint density at radius 3 is 2.57 bits per heavy atom. The lowest BCUT2D eigenvalue weighted by molar-refractivity contribution is 0.0689. The molecule has 2 aromatic rings. The molecule has 0 fully saturated rings. The second-order valence-corrected chi connectivity index (χ2v) is 6.75. The van der Waals surface area contributed by atoms with Crippen molar-refractivity contribution < 1.29 is 9.21 Å². The highest BCUT2D eigenvalue weighted by Crippen LogP contribution is 2.21.